The number of amides is 1. The molecule has 35 heavy (non-hydrogen) atoms. The fraction of sp³-hybridized carbons (Fsp3) is 0.286. The van der Waals surface area contributed by atoms with E-state index in [1.165, 1.54) is 4.90 Å². The Morgan fingerprint density at radius 2 is 1.80 bits per heavy atom. The summed E-state index contributed by atoms with van der Waals surface area (Å²) in [6, 6.07) is 17.6. The Hall–Kier alpha value is -3.84. The van der Waals surface area contributed by atoms with Crippen LogP contribution in [0.1, 0.15) is 34.3 Å². The molecule has 0 bridgehead atoms. The summed E-state index contributed by atoms with van der Waals surface area (Å²) in [4.78, 5) is 29.3. The number of rotatable bonds is 8. The van der Waals surface area contributed by atoms with E-state index in [1.807, 2.05) is 44.1 Å². The lowest BCUT2D eigenvalue weighted by atomic mass is 9.99. The average Bonchev–Trinajstić information content (AvgIpc) is 3.37. The molecule has 1 aliphatic rings. The van der Waals surface area contributed by atoms with Crippen LogP contribution < -0.4 is 4.74 Å². The fourth-order valence-electron chi connectivity index (χ4n) is 4.15. The number of carbonyl (C=O) groups excluding carboxylic acids is 2. The van der Waals surface area contributed by atoms with Gasteiger partial charge in [0.25, 0.3) is 11.7 Å². The fourth-order valence-corrected chi connectivity index (χ4v) is 4.15. The van der Waals surface area contributed by atoms with Crippen LogP contribution in [0.5, 0.6) is 5.75 Å². The van der Waals surface area contributed by atoms with Gasteiger partial charge in [-0.05, 0) is 69.9 Å². The number of ether oxygens (including phenoxy) is 1. The molecule has 1 aliphatic heterocycles. The summed E-state index contributed by atoms with van der Waals surface area (Å²) < 4.78 is 11.7. The molecule has 0 aliphatic carbocycles. The smallest absolute Gasteiger partial charge is 0.295 e. The van der Waals surface area contributed by atoms with Gasteiger partial charge < -0.3 is 24.1 Å². The van der Waals surface area contributed by atoms with Gasteiger partial charge >= 0.3 is 0 Å². The highest BCUT2D eigenvalue weighted by Gasteiger charge is 2.47. The summed E-state index contributed by atoms with van der Waals surface area (Å²) in [6.45, 7) is 5.14. The third-order valence-electron chi connectivity index (χ3n) is 5.97. The van der Waals surface area contributed by atoms with Crippen LogP contribution in [0.3, 0.4) is 0 Å². The molecule has 1 atom stereocenters. The van der Waals surface area contributed by atoms with Crippen molar-refractivity contribution in [1.82, 2.24) is 9.80 Å². The second kappa shape index (κ2) is 10.2. The Bertz CT molecular complexity index is 1260. The molecule has 1 saturated heterocycles. The van der Waals surface area contributed by atoms with Gasteiger partial charge in [0.2, 0.25) is 0 Å². The van der Waals surface area contributed by atoms with Gasteiger partial charge in [-0.1, -0.05) is 29.8 Å². The summed E-state index contributed by atoms with van der Waals surface area (Å²) in [6.07, 6.45) is 0. The largest absolute Gasteiger partial charge is 0.507 e. The van der Waals surface area contributed by atoms with E-state index in [2.05, 4.69) is 6.07 Å². The Morgan fingerprint density at radius 3 is 2.43 bits per heavy atom. The Balaban J connectivity index is 1.62. The molecule has 182 valence electrons. The molecule has 3 aromatic rings. The van der Waals surface area contributed by atoms with Crippen molar-refractivity contribution >= 4 is 17.4 Å². The third-order valence-corrected chi connectivity index (χ3v) is 5.97. The van der Waals surface area contributed by atoms with E-state index in [1.54, 1.807) is 43.3 Å². The number of ketones is 1. The van der Waals surface area contributed by atoms with Crippen molar-refractivity contribution in [2.45, 2.75) is 26.5 Å². The first kappa shape index (κ1) is 24.3. The highest BCUT2D eigenvalue weighted by molar-refractivity contribution is 6.46. The zero-order chi connectivity index (χ0) is 25.1. The molecule has 4 rings (SSSR count). The SMILES string of the molecule is Cc1cccc(COc2ccc(C(O)=C3C(=O)C(=O)N(CCN(C)C)C3c3ccc(C)o3)cc2)c1. The number of aryl methyl sites for hydroxylation is 2. The van der Waals surface area contributed by atoms with Gasteiger partial charge in [0.05, 0.1) is 5.57 Å². The van der Waals surface area contributed by atoms with E-state index < -0.39 is 17.7 Å². The van der Waals surface area contributed by atoms with Crippen molar-refractivity contribution < 1.29 is 23.8 Å². The number of nitrogens with zero attached hydrogens (tertiary/aromatic N) is 2. The zero-order valence-corrected chi connectivity index (χ0v) is 20.4. The van der Waals surface area contributed by atoms with Crippen LogP contribution in [0, 0.1) is 13.8 Å². The maximum absolute atomic E-state index is 13.0. The first-order chi connectivity index (χ1) is 16.7. The van der Waals surface area contributed by atoms with Crippen LogP contribution in [-0.2, 0) is 16.2 Å². The first-order valence-corrected chi connectivity index (χ1v) is 11.5. The van der Waals surface area contributed by atoms with Gasteiger partial charge in [-0.2, -0.15) is 0 Å². The van der Waals surface area contributed by atoms with E-state index in [4.69, 9.17) is 9.15 Å². The standard InChI is InChI=1S/C28H30N2O5/c1-18-6-5-7-20(16-18)17-34-22-11-9-21(10-12-22)26(31)24-25(23-13-8-19(2)35-23)30(15-14-29(3)4)28(33)27(24)32/h5-13,16,25,31H,14-15,17H2,1-4H3. The topological polar surface area (TPSA) is 83.2 Å². The van der Waals surface area contributed by atoms with Crippen molar-refractivity contribution in [2.75, 3.05) is 27.2 Å². The number of likely N-dealkylation sites (N-methyl/N-ethyl adjacent to an activating group) is 1. The number of furan rings is 1. The molecule has 7 nitrogen and oxygen atoms in total. The number of Topliss-reactive ketones (excluding diaryl/α,β-unsaturated/α-hetero) is 1. The van der Waals surface area contributed by atoms with Gasteiger partial charge in [0.15, 0.2) is 0 Å². The van der Waals surface area contributed by atoms with Crippen molar-refractivity contribution in [2.24, 2.45) is 0 Å². The molecule has 1 unspecified atom stereocenters. The van der Waals surface area contributed by atoms with E-state index in [-0.39, 0.29) is 11.3 Å². The Kier molecular flexibility index (Phi) is 7.07. The van der Waals surface area contributed by atoms with Crippen LogP contribution >= 0.6 is 0 Å². The molecule has 1 fully saturated rings. The van der Waals surface area contributed by atoms with Crippen LogP contribution in [0.2, 0.25) is 0 Å². The van der Waals surface area contributed by atoms with Gasteiger partial charge in [-0.15, -0.1) is 0 Å². The second-order valence-corrected chi connectivity index (χ2v) is 9.05. The minimum atomic E-state index is -0.791. The summed E-state index contributed by atoms with van der Waals surface area (Å²) in [5.74, 6) is 0.131. The predicted octanol–water partition coefficient (Wildman–Crippen LogP) is 4.46. The number of likely N-dealkylation sites (tertiary alicyclic amines) is 1. The summed E-state index contributed by atoms with van der Waals surface area (Å²) >= 11 is 0. The second-order valence-electron chi connectivity index (χ2n) is 9.05. The predicted molar refractivity (Wildman–Crippen MR) is 133 cm³/mol. The van der Waals surface area contributed by atoms with Crippen LogP contribution in [0.4, 0.5) is 0 Å². The molecule has 1 N–H and O–H groups in total. The average molecular weight is 475 g/mol. The maximum atomic E-state index is 13.0. The molecule has 0 radical (unpaired) electrons. The molecule has 1 aromatic heterocycles. The molecule has 2 heterocycles. The van der Waals surface area contributed by atoms with Gasteiger partial charge in [0.1, 0.15) is 35.7 Å². The highest BCUT2D eigenvalue weighted by atomic mass is 16.5. The molecule has 2 aromatic carbocycles. The van der Waals surface area contributed by atoms with E-state index in [9.17, 15) is 14.7 Å². The molecule has 0 spiro atoms. The quantitative estimate of drug-likeness (QED) is 0.295. The minimum absolute atomic E-state index is 0.0246. The first-order valence-electron chi connectivity index (χ1n) is 11.5. The van der Waals surface area contributed by atoms with Gasteiger partial charge in [0, 0.05) is 18.7 Å². The minimum Gasteiger partial charge on any atom is -0.507 e. The van der Waals surface area contributed by atoms with Gasteiger partial charge in [-0.25, -0.2) is 0 Å². The lowest BCUT2D eigenvalue weighted by molar-refractivity contribution is -0.140. The highest BCUT2D eigenvalue weighted by Crippen LogP contribution is 2.40. The Morgan fingerprint density at radius 1 is 1.06 bits per heavy atom. The van der Waals surface area contributed by atoms with Crippen LogP contribution in [-0.4, -0.2) is 53.8 Å². The lowest BCUT2D eigenvalue weighted by Gasteiger charge is -2.24. The van der Waals surface area contributed by atoms with E-state index >= 15 is 0 Å². The molecule has 7 heteroatoms. The van der Waals surface area contributed by atoms with E-state index in [0.29, 0.717) is 42.5 Å². The Labute approximate surface area is 205 Å². The molecule has 0 saturated carbocycles. The number of hydrogen-bond acceptors (Lipinski definition) is 6. The molecular formula is C28H30N2O5. The number of aliphatic hydroxyl groups is 1. The van der Waals surface area contributed by atoms with E-state index in [0.717, 1.165) is 11.1 Å². The normalized spacial score (nSPS) is 17.4. The summed E-state index contributed by atoms with van der Waals surface area (Å²) in [5, 5.41) is 11.2. The number of aliphatic hydroxyl groups excluding tert-OH is 1. The van der Waals surface area contributed by atoms with Gasteiger partial charge in [-0.3, -0.25) is 9.59 Å². The number of benzene rings is 2. The van der Waals surface area contributed by atoms with Crippen molar-refractivity contribution in [3.8, 4) is 5.75 Å². The molecular weight excluding hydrogens is 444 g/mol. The van der Waals surface area contributed by atoms with Crippen molar-refractivity contribution in [1.29, 1.82) is 0 Å². The van der Waals surface area contributed by atoms with Crippen LogP contribution in [0.25, 0.3) is 5.76 Å². The zero-order valence-electron chi connectivity index (χ0n) is 20.4. The monoisotopic (exact) mass is 474 g/mol. The number of carbonyl (C=O) groups is 2. The molecule has 1 amide bonds. The van der Waals surface area contributed by atoms with Crippen LogP contribution in [0.15, 0.2) is 70.7 Å². The summed E-state index contributed by atoms with van der Waals surface area (Å²) in [5.41, 5.74) is 2.67. The lowest BCUT2D eigenvalue weighted by Crippen LogP contribution is -2.35. The van der Waals surface area contributed by atoms with Crippen molar-refractivity contribution in [3.63, 3.8) is 0 Å². The summed E-state index contributed by atoms with van der Waals surface area (Å²) in [7, 11) is 3.79. The van der Waals surface area contributed by atoms with Crippen molar-refractivity contribution in [3.05, 3.63) is 94.4 Å². The third kappa shape index (κ3) is 5.30. The maximum Gasteiger partial charge on any atom is 0.295 e. The number of hydrogen-bond donors (Lipinski definition) is 1.